The van der Waals surface area contributed by atoms with Gasteiger partial charge in [0.15, 0.2) is 0 Å². The number of amides is 2. The van der Waals surface area contributed by atoms with E-state index in [1.54, 1.807) is 12.1 Å². The zero-order valence-electron chi connectivity index (χ0n) is 16.0. The summed E-state index contributed by atoms with van der Waals surface area (Å²) in [6.07, 6.45) is 5.40. The molecule has 0 aliphatic rings. The van der Waals surface area contributed by atoms with Gasteiger partial charge in [0.05, 0.1) is 6.54 Å². The summed E-state index contributed by atoms with van der Waals surface area (Å²) in [5.41, 5.74) is 1.37. The summed E-state index contributed by atoms with van der Waals surface area (Å²) >= 11 is 13.0. The fraction of sp³-hybridized carbons (Fsp3) is 0.600. The first-order valence-electron chi connectivity index (χ1n) is 9.45. The molecule has 0 saturated carbocycles. The van der Waals surface area contributed by atoms with E-state index in [0.717, 1.165) is 61.3 Å². The molecule has 0 fully saturated rings. The number of carbonyl (C=O) groups is 2. The third kappa shape index (κ3) is 9.30. The Bertz CT molecular complexity index is 557. The molecule has 0 atom stereocenters. The molecule has 0 aliphatic carbocycles. The molecule has 0 aromatic heterocycles. The molecule has 2 N–H and O–H groups in total. The minimum atomic E-state index is -0.278. The molecular formula is C20H32N2O2S3. The van der Waals surface area contributed by atoms with E-state index in [0.29, 0.717) is 5.56 Å². The molecule has 4 nitrogen and oxygen atoms in total. The lowest BCUT2D eigenvalue weighted by Crippen LogP contribution is -2.51. The Morgan fingerprint density at radius 1 is 0.889 bits per heavy atom. The molecule has 0 radical (unpaired) electrons. The molecule has 0 aliphatic heterocycles. The summed E-state index contributed by atoms with van der Waals surface area (Å²) in [5.74, 6) is 1.95. The maximum atomic E-state index is 12.6. The van der Waals surface area contributed by atoms with E-state index in [-0.39, 0.29) is 23.9 Å². The molecule has 1 rings (SSSR count). The van der Waals surface area contributed by atoms with Crippen LogP contribution in [-0.2, 0) is 4.79 Å². The van der Waals surface area contributed by atoms with Crippen molar-refractivity contribution in [3.05, 3.63) is 35.4 Å². The molecule has 27 heavy (non-hydrogen) atoms. The molecule has 0 saturated heterocycles. The Kier molecular flexibility index (Phi) is 12.0. The summed E-state index contributed by atoms with van der Waals surface area (Å²) in [6, 6.07) is 7.29. The van der Waals surface area contributed by atoms with Crippen LogP contribution in [0.4, 0.5) is 0 Å². The number of nitrogens with one attached hydrogen (secondary N) is 2. The zero-order valence-corrected chi connectivity index (χ0v) is 18.7. The predicted octanol–water partition coefficient (Wildman–Crippen LogP) is 3.71. The molecule has 7 heteroatoms. The second-order valence-corrected chi connectivity index (χ2v) is 8.20. The quantitative estimate of drug-likeness (QED) is 0.311. The minimum Gasteiger partial charge on any atom is -0.349 e. The maximum Gasteiger partial charge on any atom is 0.251 e. The van der Waals surface area contributed by atoms with Crippen molar-refractivity contribution in [2.45, 2.75) is 51.0 Å². The Labute approximate surface area is 179 Å². The van der Waals surface area contributed by atoms with E-state index < -0.39 is 0 Å². The summed E-state index contributed by atoms with van der Waals surface area (Å²) < 4.78 is 0. The number of thiol groups is 3. The van der Waals surface area contributed by atoms with E-state index in [2.05, 4.69) is 48.5 Å². The lowest BCUT2D eigenvalue weighted by atomic mass is 9.84. The van der Waals surface area contributed by atoms with E-state index in [1.165, 1.54) is 0 Å². The molecule has 0 heterocycles. The summed E-state index contributed by atoms with van der Waals surface area (Å²) in [7, 11) is 0. The van der Waals surface area contributed by atoms with Gasteiger partial charge in [-0.25, -0.2) is 0 Å². The number of benzene rings is 1. The minimum absolute atomic E-state index is 0.0307. The van der Waals surface area contributed by atoms with Gasteiger partial charge in [0, 0.05) is 11.1 Å². The highest BCUT2D eigenvalue weighted by molar-refractivity contribution is 7.80. The van der Waals surface area contributed by atoms with E-state index >= 15 is 0 Å². The van der Waals surface area contributed by atoms with Gasteiger partial charge in [0.1, 0.15) is 0 Å². The SMILES string of the molecule is Cc1ccc(C(=O)NCC(=O)NC(CCCS)(CCCS)CCCS)cc1. The monoisotopic (exact) mass is 428 g/mol. The molecule has 1 aromatic carbocycles. The van der Waals surface area contributed by atoms with Gasteiger partial charge < -0.3 is 10.6 Å². The molecular weight excluding hydrogens is 396 g/mol. The maximum absolute atomic E-state index is 12.6. The van der Waals surface area contributed by atoms with Crippen LogP contribution >= 0.6 is 37.9 Å². The third-order valence-electron chi connectivity index (χ3n) is 4.57. The van der Waals surface area contributed by atoms with Crippen LogP contribution in [0, 0.1) is 6.92 Å². The fourth-order valence-corrected chi connectivity index (χ4v) is 3.60. The second-order valence-electron chi connectivity index (χ2n) is 6.86. The Morgan fingerprint density at radius 3 is 1.81 bits per heavy atom. The van der Waals surface area contributed by atoms with Crippen molar-refractivity contribution >= 4 is 49.7 Å². The lowest BCUT2D eigenvalue weighted by Gasteiger charge is -2.35. The summed E-state index contributed by atoms with van der Waals surface area (Å²) in [6.45, 7) is 1.94. The van der Waals surface area contributed by atoms with Gasteiger partial charge in [-0.05, 0) is 74.8 Å². The van der Waals surface area contributed by atoms with E-state index in [9.17, 15) is 9.59 Å². The second kappa shape index (κ2) is 13.4. The molecule has 0 bridgehead atoms. The van der Waals surface area contributed by atoms with Crippen molar-refractivity contribution in [3.8, 4) is 0 Å². The highest BCUT2D eigenvalue weighted by Crippen LogP contribution is 2.26. The number of hydrogen-bond acceptors (Lipinski definition) is 5. The van der Waals surface area contributed by atoms with Crippen LogP contribution in [-0.4, -0.2) is 41.2 Å². The van der Waals surface area contributed by atoms with Crippen LogP contribution in [0.1, 0.15) is 54.4 Å². The van der Waals surface area contributed by atoms with Crippen molar-refractivity contribution in [2.24, 2.45) is 0 Å². The van der Waals surface area contributed by atoms with Crippen LogP contribution in [0.25, 0.3) is 0 Å². The zero-order chi connectivity index (χ0) is 20.1. The number of aryl methyl sites for hydroxylation is 1. The fourth-order valence-electron chi connectivity index (χ4n) is 3.12. The van der Waals surface area contributed by atoms with Crippen LogP contribution in [0.2, 0.25) is 0 Å². The van der Waals surface area contributed by atoms with Crippen LogP contribution in [0.5, 0.6) is 0 Å². The highest BCUT2D eigenvalue weighted by Gasteiger charge is 2.30. The first-order chi connectivity index (χ1) is 13.0. The van der Waals surface area contributed by atoms with E-state index in [4.69, 9.17) is 0 Å². The van der Waals surface area contributed by atoms with Crippen LogP contribution in [0.15, 0.2) is 24.3 Å². The smallest absolute Gasteiger partial charge is 0.251 e. The predicted molar refractivity (Wildman–Crippen MR) is 124 cm³/mol. The largest absolute Gasteiger partial charge is 0.349 e. The standard InChI is InChI=1S/C20H32N2O2S3/c1-16-5-7-17(8-6-16)19(24)21-15-18(23)22-20(9-2-12-25,10-3-13-26)11-4-14-27/h5-8,25-27H,2-4,9-15H2,1H3,(H,21,24)(H,22,23). The normalized spacial score (nSPS) is 11.3. The van der Waals surface area contributed by atoms with Crippen molar-refractivity contribution in [1.82, 2.24) is 10.6 Å². The van der Waals surface area contributed by atoms with Crippen molar-refractivity contribution < 1.29 is 9.59 Å². The van der Waals surface area contributed by atoms with Crippen molar-refractivity contribution in [2.75, 3.05) is 23.8 Å². The van der Waals surface area contributed by atoms with Crippen LogP contribution in [0.3, 0.4) is 0 Å². The van der Waals surface area contributed by atoms with Gasteiger partial charge in [0.25, 0.3) is 5.91 Å². The summed E-state index contributed by atoms with van der Waals surface area (Å²) in [5, 5.41) is 5.91. The molecule has 0 unspecified atom stereocenters. The first kappa shape index (κ1) is 24.2. The first-order valence-corrected chi connectivity index (χ1v) is 11.3. The summed E-state index contributed by atoms with van der Waals surface area (Å²) in [4.78, 5) is 24.8. The van der Waals surface area contributed by atoms with Gasteiger partial charge >= 0.3 is 0 Å². The number of rotatable bonds is 13. The average Bonchev–Trinajstić information content (AvgIpc) is 2.67. The van der Waals surface area contributed by atoms with Crippen molar-refractivity contribution in [3.63, 3.8) is 0 Å². The van der Waals surface area contributed by atoms with Gasteiger partial charge in [-0.2, -0.15) is 37.9 Å². The Morgan fingerprint density at radius 2 is 1.37 bits per heavy atom. The molecule has 1 aromatic rings. The Balaban J connectivity index is 2.69. The number of hydrogen-bond donors (Lipinski definition) is 5. The van der Waals surface area contributed by atoms with Crippen LogP contribution < -0.4 is 10.6 Å². The van der Waals surface area contributed by atoms with Gasteiger partial charge in [-0.15, -0.1) is 0 Å². The van der Waals surface area contributed by atoms with Gasteiger partial charge in [-0.1, -0.05) is 17.7 Å². The lowest BCUT2D eigenvalue weighted by molar-refractivity contribution is -0.122. The van der Waals surface area contributed by atoms with Crippen molar-refractivity contribution in [1.29, 1.82) is 0 Å². The van der Waals surface area contributed by atoms with Gasteiger partial charge in [0.2, 0.25) is 5.91 Å². The third-order valence-corrected chi connectivity index (χ3v) is 5.52. The molecule has 2 amide bonds. The van der Waals surface area contributed by atoms with E-state index in [1.807, 2.05) is 19.1 Å². The molecule has 0 spiro atoms. The topological polar surface area (TPSA) is 58.2 Å². The Hall–Kier alpha value is -0.790. The average molecular weight is 429 g/mol. The molecule has 152 valence electrons. The highest BCUT2D eigenvalue weighted by atomic mass is 32.1. The van der Waals surface area contributed by atoms with Gasteiger partial charge in [-0.3, -0.25) is 9.59 Å². The number of carbonyl (C=O) groups excluding carboxylic acids is 2.